The Balaban J connectivity index is 1.67. The number of carbonyl (C=O) groups excluding carboxylic acids is 1. The topological polar surface area (TPSA) is 64.1 Å². The van der Waals surface area contributed by atoms with Crippen molar-refractivity contribution in [1.29, 1.82) is 0 Å². The van der Waals surface area contributed by atoms with Gasteiger partial charge < -0.3 is 4.74 Å². The number of benzene rings is 1. The molecule has 0 aliphatic heterocycles. The Hall–Kier alpha value is -2.44. The largest absolute Gasteiger partial charge is 0.494 e. The summed E-state index contributed by atoms with van der Waals surface area (Å²) in [5, 5.41) is 5.54. The molecule has 0 aliphatic carbocycles. The number of halogens is 1. The Morgan fingerprint density at radius 2 is 2.04 bits per heavy atom. The first-order valence-corrected chi connectivity index (χ1v) is 9.03. The maximum atomic E-state index is 12.2. The van der Waals surface area contributed by atoms with Crippen molar-refractivity contribution in [3.05, 3.63) is 58.7 Å². The standard InChI is InChI=1S/C18H16ClN3O2S/c1-2-9-24-14-6-3-12(4-7-14)15-11-25-18(21-15)22-17(23)13-5-8-16(19)20-10-13/h3-8,10-11H,2,9H2,1H3,(H,21,22,23). The van der Waals surface area contributed by atoms with Gasteiger partial charge >= 0.3 is 0 Å². The summed E-state index contributed by atoms with van der Waals surface area (Å²) in [5.74, 6) is 0.568. The molecule has 0 saturated heterocycles. The molecule has 1 amide bonds. The van der Waals surface area contributed by atoms with Gasteiger partial charge in [0, 0.05) is 17.1 Å². The average molecular weight is 374 g/mol. The number of hydrogen-bond acceptors (Lipinski definition) is 5. The summed E-state index contributed by atoms with van der Waals surface area (Å²) in [6.45, 7) is 2.77. The highest BCUT2D eigenvalue weighted by Crippen LogP contribution is 2.26. The second-order valence-electron chi connectivity index (χ2n) is 5.23. The molecular weight excluding hydrogens is 358 g/mol. The van der Waals surface area contributed by atoms with E-state index in [1.54, 1.807) is 12.1 Å². The average Bonchev–Trinajstić information content (AvgIpc) is 3.09. The van der Waals surface area contributed by atoms with Crippen molar-refractivity contribution in [1.82, 2.24) is 9.97 Å². The molecule has 0 unspecified atom stereocenters. The third-order valence-electron chi connectivity index (χ3n) is 3.34. The lowest BCUT2D eigenvalue weighted by Gasteiger charge is -2.04. The summed E-state index contributed by atoms with van der Waals surface area (Å²) in [6.07, 6.45) is 2.40. The zero-order chi connectivity index (χ0) is 17.6. The van der Waals surface area contributed by atoms with Crippen LogP contribution < -0.4 is 10.1 Å². The Morgan fingerprint density at radius 3 is 2.72 bits per heavy atom. The number of nitrogens with zero attached hydrogens (tertiary/aromatic N) is 2. The molecule has 1 N–H and O–H groups in total. The predicted molar refractivity (Wildman–Crippen MR) is 101 cm³/mol. The normalized spacial score (nSPS) is 10.5. The minimum atomic E-state index is -0.270. The molecule has 0 saturated carbocycles. The number of amides is 1. The lowest BCUT2D eigenvalue weighted by atomic mass is 10.2. The Labute approximate surface area is 154 Å². The molecule has 3 rings (SSSR count). The van der Waals surface area contributed by atoms with Crippen LogP contribution >= 0.6 is 22.9 Å². The fourth-order valence-corrected chi connectivity index (χ4v) is 2.91. The van der Waals surface area contributed by atoms with Gasteiger partial charge in [-0.3, -0.25) is 10.1 Å². The van der Waals surface area contributed by atoms with Crippen LogP contribution in [-0.4, -0.2) is 22.5 Å². The molecular formula is C18H16ClN3O2S. The molecule has 0 fully saturated rings. The van der Waals surface area contributed by atoms with Gasteiger partial charge in [-0.15, -0.1) is 11.3 Å². The van der Waals surface area contributed by atoms with E-state index in [0.717, 1.165) is 23.4 Å². The first-order valence-electron chi connectivity index (χ1n) is 7.77. The van der Waals surface area contributed by atoms with Gasteiger partial charge in [0.25, 0.3) is 5.91 Å². The molecule has 7 heteroatoms. The number of thiazole rings is 1. The van der Waals surface area contributed by atoms with Crippen molar-refractivity contribution in [2.75, 3.05) is 11.9 Å². The number of ether oxygens (including phenoxy) is 1. The molecule has 0 atom stereocenters. The van der Waals surface area contributed by atoms with Crippen LogP contribution in [0.2, 0.25) is 5.15 Å². The highest BCUT2D eigenvalue weighted by molar-refractivity contribution is 7.14. The van der Waals surface area contributed by atoms with Gasteiger partial charge in [0.1, 0.15) is 10.9 Å². The predicted octanol–water partition coefficient (Wildman–Crippen LogP) is 4.90. The van der Waals surface area contributed by atoms with Crippen LogP contribution in [0.15, 0.2) is 48.0 Å². The monoisotopic (exact) mass is 373 g/mol. The van der Waals surface area contributed by atoms with Crippen LogP contribution in [0.1, 0.15) is 23.7 Å². The summed E-state index contributed by atoms with van der Waals surface area (Å²) in [6, 6.07) is 10.9. The van der Waals surface area contributed by atoms with E-state index in [0.29, 0.717) is 22.5 Å². The summed E-state index contributed by atoms with van der Waals surface area (Å²) >= 11 is 7.09. The first kappa shape index (κ1) is 17.4. The quantitative estimate of drug-likeness (QED) is 0.624. The number of pyridine rings is 1. The highest BCUT2D eigenvalue weighted by atomic mass is 35.5. The van der Waals surface area contributed by atoms with Gasteiger partial charge in [0.15, 0.2) is 5.13 Å². The maximum absolute atomic E-state index is 12.2. The van der Waals surface area contributed by atoms with Crippen molar-refractivity contribution in [2.45, 2.75) is 13.3 Å². The van der Waals surface area contributed by atoms with Crippen molar-refractivity contribution in [3.63, 3.8) is 0 Å². The zero-order valence-electron chi connectivity index (χ0n) is 13.5. The van der Waals surface area contributed by atoms with Gasteiger partial charge in [-0.2, -0.15) is 0 Å². The zero-order valence-corrected chi connectivity index (χ0v) is 15.1. The molecule has 3 aromatic rings. The fourth-order valence-electron chi connectivity index (χ4n) is 2.08. The molecule has 0 radical (unpaired) electrons. The van der Waals surface area contributed by atoms with Crippen LogP contribution in [-0.2, 0) is 0 Å². The lowest BCUT2D eigenvalue weighted by molar-refractivity contribution is 0.102. The molecule has 0 bridgehead atoms. The number of hydrogen-bond donors (Lipinski definition) is 1. The van der Waals surface area contributed by atoms with Crippen molar-refractivity contribution in [3.8, 4) is 17.0 Å². The van der Waals surface area contributed by atoms with E-state index in [-0.39, 0.29) is 5.91 Å². The van der Waals surface area contributed by atoms with E-state index < -0.39 is 0 Å². The number of nitrogens with one attached hydrogen (secondary N) is 1. The second-order valence-corrected chi connectivity index (χ2v) is 6.48. The van der Waals surface area contributed by atoms with E-state index >= 15 is 0 Å². The molecule has 0 spiro atoms. The summed E-state index contributed by atoms with van der Waals surface area (Å²) in [4.78, 5) is 20.5. The number of carbonyl (C=O) groups is 1. The number of rotatable bonds is 6. The molecule has 1 aromatic carbocycles. The molecule has 128 valence electrons. The fraction of sp³-hybridized carbons (Fsp3) is 0.167. The Kier molecular flexibility index (Phi) is 5.63. The van der Waals surface area contributed by atoms with Gasteiger partial charge in [0.05, 0.1) is 17.9 Å². The Morgan fingerprint density at radius 1 is 1.24 bits per heavy atom. The summed E-state index contributed by atoms with van der Waals surface area (Å²) < 4.78 is 5.57. The molecule has 0 aliphatic rings. The van der Waals surface area contributed by atoms with Crippen molar-refractivity contribution < 1.29 is 9.53 Å². The SMILES string of the molecule is CCCOc1ccc(-c2csc(NC(=O)c3ccc(Cl)nc3)n2)cc1. The summed E-state index contributed by atoms with van der Waals surface area (Å²) in [5.41, 5.74) is 2.20. The third kappa shape index (κ3) is 4.55. The van der Waals surface area contributed by atoms with Gasteiger partial charge in [-0.05, 0) is 42.8 Å². The first-order chi connectivity index (χ1) is 12.2. The van der Waals surface area contributed by atoms with Crippen LogP contribution in [0.3, 0.4) is 0 Å². The highest BCUT2D eigenvalue weighted by Gasteiger charge is 2.10. The van der Waals surface area contributed by atoms with Crippen molar-refractivity contribution in [2.24, 2.45) is 0 Å². The minimum Gasteiger partial charge on any atom is -0.494 e. The molecule has 5 nitrogen and oxygen atoms in total. The maximum Gasteiger partial charge on any atom is 0.259 e. The second kappa shape index (κ2) is 8.09. The third-order valence-corrected chi connectivity index (χ3v) is 4.32. The number of aromatic nitrogens is 2. The van der Waals surface area contributed by atoms with Gasteiger partial charge in [0.2, 0.25) is 0 Å². The molecule has 2 heterocycles. The summed E-state index contributed by atoms with van der Waals surface area (Å²) in [7, 11) is 0. The van der Waals surface area contributed by atoms with Gasteiger partial charge in [-0.1, -0.05) is 18.5 Å². The molecule has 2 aromatic heterocycles. The van der Waals surface area contributed by atoms with E-state index in [4.69, 9.17) is 16.3 Å². The smallest absolute Gasteiger partial charge is 0.259 e. The number of anilines is 1. The minimum absolute atomic E-state index is 0.270. The molecule has 25 heavy (non-hydrogen) atoms. The van der Waals surface area contributed by atoms with Crippen LogP contribution in [0.5, 0.6) is 5.75 Å². The Bertz CT molecular complexity index is 848. The van der Waals surface area contributed by atoms with E-state index in [9.17, 15) is 4.79 Å². The van der Waals surface area contributed by atoms with Crippen LogP contribution in [0, 0.1) is 0 Å². The lowest BCUT2D eigenvalue weighted by Crippen LogP contribution is -2.11. The van der Waals surface area contributed by atoms with E-state index in [2.05, 4.69) is 22.2 Å². The van der Waals surface area contributed by atoms with E-state index in [1.807, 2.05) is 29.6 Å². The van der Waals surface area contributed by atoms with Crippen LogP contribution in [0.25, 0.3) is 11.3 Å². The van der Waals surface area contributed by atoms with E-state index in [1.165, 1.54) is 17.5 Å². The van der Waals surface area contributed by atoms with Gasteiger partial charge in [-0.25, -0.2) is 9.97 Å². The van der Waals surface area contributed by atoms with Crippen molar-refractivity contribution >= 4 is 34.0 Å². The van der Waals surface area contributed by atoms with Crippen LogP contribution in [0.4, 0.5) is 5.13 Å².